The molecule has 1 saturated heterocycles. The summed E-state index contributed by atoms with van der Waals surface area (Å²) in [7, 11) is 1.27. The Morgan fingerprint density at radius 2 is 2.27 bits per heavy atom. The van der Waals surface area contributed by atoms with Crippen molar-refractivity contribution in [2.24, 2.45) is 0 Å². The first-order valence-electron chi connectivity index (χ1n) is 6.20. The molecule has 1 heterocycles. The summed E-state index contributed by atoms with van der Waals surface area (Å²) in [5.74, 6) is -1.33. The van der Waals surface area contributed by atoms with E-state index in [1.54, 1.807) is 0 Å². The van der Waals surface area contributed by atoms with Gasteiger partial charge in [0.05, 0.1) is 23.5 Å². The standard InChI is InChI=1S/C14H11ClFNO3S2/c1-20-12(18)5-6-17-13(19)11(22-14(17)21)7-8-9(15)3-2-4-10(8)16/h2-4,7H,5-6H2,1H3/b11-7-. The molecule has 2 rings (SSSR count). The van der Waals surface area contributed by atoms with Gasteiger partial charge in [-0.25, -0.2) is 4.39 Å². The number of hydrogen-bond acceptors (Lipinski definition) is 5. The number of amides is 1. The van der Waals surface area contributed by atoms with Crippen molar-refractivity contribution in [2.75, 3.05) is 13.7 Å². The summed E-state index contributed by atoms with van der Waals surface area (Å²) in [5, 5.41) is 0.208. The first-order chi connectivity index (χ1) is 10.4. The molecule has 0 aliphatic carbocycles. The molecule has 0 spiro atoms. The smallest absolute Gasteiger partial charge is 0.307 e. The van der Waals surface area contributed by atoms with E-state index in [9.17, 15) is 14.0 Å². The first-order valence-corrected chi connectivity index (χ1v) is 7.80. The summed E-state index contributed by atoms with van der Waals surface area (Å²) in [6.07, 6.45) is 1.41. The van der Waals surface area contributed by atoms with Gasteiger partial charge in [-0.05, 0) is 18.2 Å². The third-order valence-electron chi connectivity index (χ3n) is 2.92. The van der Waals surface area contributed by atoms with E-state index in [0.29, 0.717) is 4.32 Å². The quantitative estimate of drug-likeness (QED) is 0.469. The highest BCUT2D eigenvalue weighted by atomic mass is 35.5. The van der Waals surface area contributed by atoms with E-state index in [2.05, 4.69) is 4.74 Å². The lowest BCUT2D eigenvalue weighted by atomic mass is 10.2. The van der Waals surface area contributed by atoms with E-state index in [4.69, 9.17) is 23.8 Å². The van der Waals surface area contributed by atoms with Gasteiger partial charge in [-0.15, -0.1) is 0 Å². The van der Waals surface area contributed by atoms with Crippen molar-refractivity contribution in [1.82, 2.24) is 4.90 Å². The number of rotatable bonds is 4. The van der Waals surface area contributed by atoms with E-state index in [1.165, 1.54) is 36.3 Å². The Morgan fingerprint density at radius 3 is 2.91 bits per heavy atom. The molecule has 22 heavy (non-hydrogen) atoms. The zero-order chi connectivity index (χ0) is 16.3. The number of nitrogens with zero attached hydrogens (tertiary/aromatic N) is 1. The second-order valence-corrected chi connectivity index (χ2v) is 6.38. The number of carbonyl (C=O) groups excluding carboxylic acids is 2. The Balaban J connectivity index is 2.21. The normalized spacial score (nSPS) is 16.5. The second-order valence-electron chi connectivity index (χ2n) is 4.29. The van der Waals surface area contributed by atoms with Crippen LogP contribution in [0.4, 0.5) is 4.39 Å². The van der Waals surface area contributed by atoms with Crippen LogP contribution in [-0.4, -0.2) is 34.8 Å². The molecule has 1 aliphatic rings. The van der Waals surface area contributed by atoms with Crippen LogP contribution in [0, 0.1) is 5.82 Å². The molecule has 0 bridgehead atoms. The molecule has 0 atom stereocenters. The van der Waals surface area contributed by atoms with Crippen LogP contribution in [0.5, 0.6) is 0 Å². The van der Waals surface area contributed by atoms with Crippen molar-refractivity contribution < 1.29 is 18.7 Å². The maximum atomic E-state index is 13.8. The predicted molar refractivity (Wildman–Crippen MR) is 87.9 cm³/mol. The first kappa shape index (κ1) is 16.9. The minimum absolute atomic E-state index is 0.0384. The lowest BCUT2D eigenvalue weighted by Crippen LogP contribution is -2.30. The number of esters is 1. The molecule has 4 nitrogen and oxygen atoms in total. The Bertz CT molecular complexity index is 658. The third-order valence-corrected chi connectivity index (χ3v) is 4.62. The average molecular weight is 360 g/mol. The largest absolute Gasteiger partial charge is 0.469 e. The molecule has 0 saturated carbocycles. The van der Waals surface area contributed by atoms with Crippen molar-refractivity contribution in [3.05, 3.63) is 39.5 Å². The van der Waals surface area contributed by atoms with Gasteiger partial charge in [0.25, 0.3) is 5.91 Å². The topological polar surface area (TPSA) is 46.6 Å². The fourth-order valence-corrected chi connectivity index (χ4v) is 3.29. The molecule has 1 fully saturated rings. The van der Waals surface area contributed by atoms with E-state index < -0.39 is 11.8 Å². The molecular weight excluding hydrogens is 349 g/mol. The van der Waals surface area contributed by atoms with Gasteiger partial charge in [-0.1, -0.05) is 41.6 Å². The molecule has 1 amide bonds. The molecule has 1 aromatic carbocycles. The van der Waals surface area contributed by atoms with E-state index in [0.717, 1.165) is 11.8 Å². The maximum absolute atomic E-state index is 13.8. The van der Waals surface area contributed by atoms with Crippen molar-refractivity contribution in [1.29, 1.82) is 0 Å². The van der Waals surface area contributed by atoms with Crippen LogP contribution < -0.4 is 0 Å². The van der Waals surface area contributed by atoms with Crippen molar-refractivity contribution in [3.63, 3.8) is 0 Å². The number of carbonyl (C=O) groups is 2. The Kier molecular flexibility index (Phi) is 5.55. The molecule has 0 unspecified atom stereocenters. The highest BCUT2D eigenvalue weighted by Crippen LogP contribution is 2.34. The molecule has 0 radical (unpaired) electrons. The summed E-state index contributed by atoms with van der Waals surface area (Å²) in [4.78, 5) is 25.0. The van der Waals surface area contributed by atoms with Gasteiger partial charge >= 0.3 is 5.97 Å². The lowest BCUT2D eigenvalue weighted by molar-refractivity contribution is -0.140. The van der Waals surface area contributed by atoms with Gasteiger partial charge in [-0.3, -0.25) is 14.5 Å². The number of methoxy groups -OCH3 is 1. The fourth-order valence-electron chi connectivity index (χ4n) is 1.78. The molecule has 1 aromatic rings. The van der Waals surface area contributed by atoms with Crippen LogP contribution in [0.1, 0.15) is 12.0 Å². The van der Waals surface area contributed by atoms with Crippen LogP contribution in [0.3, 0.4) is 0 Å². The van der Waals surface area contributed by atoms with Gasteiger partial charge in [0.2, 0.25) is 0 Å². The maximum Gasteiger partial charge on any atom is 0.307 e. The molecule has 1 aliphatic heterocycles. The zero-order valence-corrected chi connectivity index (χ0v) is 13.9. The van der Waals surface area contributed by atoms with E-state index >= 15 is 0 Å². The Morgan fingerprint density at radius 1 is 1.55 bits per heavy atom. The van der Waals surface area contributed by atoms with Crippen LogP contribution in [0.2, 0.25) is 5.02 Å². The van der Waals surface area contributed by atoms with Gasteiger partial charge in [0.1, 0.15) is 10.1 Å². The predicted octanol–water partition coefficient (Wildman–Crippen LogP) is 3.24. The van der Waals surface area contributed by atoms with E-state index in [1.807, 2.05) is 0 Å². The monoisotopic (exact) mass is 359 g/mol. The van der Waals surface area contributed by atoms with Crippen molar-refractivity contribution in [3.8, 4) is 0 Å². The Hall–Kier alpha value is -1.44. The number of thioether (sulfide) groups is 1. The van der Waals surface area contributed by atoms with Gasteiger partial charge in [0, 0.05) is 12.1 Å². The van der Waals surface area contributed by atoms with Crippen LogP contribution in [0.25, 0.3) is 6.08 Å². The number of ether oxygens (including phenoxy) is 1. The van der Waals surface area contributed by atoms with Crippen LogP contribution in [0.15, 0.2) is 23.1 Å². The highest BCUT2D eigenvalue weighted by Gasteiger charge is 2.32. The average Bonchev–Trinajstić information content (AvgIpc) is 2.75. The number of hydrogen-bond donors (Lipinski definition) is 0. The second kappa shape index (κ2) is 7.21. The minimum atomic E-state index is -0.521. The zero-order valence-electron chi connectivity index (χ0n) is 11.5. The number of thiocarbonyl (C=S) groups is 1. The van der Waals surface area contributed by atoms with Gasteiger partial charge < -0.3 is 4.74 Å². The minimum Gasteiger partial charge on any atom is -0.469 e. The Labute approximate surface area is 141 Å². The number of benzene rings is 1. The molecular formula is C14H11ClFNO3S2. The summed E-state index contributed by atoms with van der Waals surface area (Å²) >= 11 is 12.1. The van der Waals surface area contributed by atoms with E-state index in [-0.39, 0.29) is 34.4 Å². The fraction of sp³-hybridized carbons (Fsp3) is 0.214. The van der Waals surface area contributed by atoms with Crippen LogP contribution >= 0.6 is 35.6 Å². The molecule has 8 heteroatoms. The molecule has 116 valence electrons. The van der Waals surface area contributed by atoms with Crippen LogP contribution in [-0.2, 0) is 14.3 Å². The van der Waals surface area contributed by atoms with Gasteiger partial charge in [0.15, 0.2) is 0 Å². The third kappa shape index (κ3) is 3.66. The summed E-state index contributed by atoms with van der Waals surface area (Å²) < 4.78 is 18.6. The van der Waals surface area contributed by atoms with Crippen molar-refractivity contribution >= 4 is 57.9 Å². The summed E-state index contributed by atoms with van der Waals surface area (Å²) in [6, 6.07) is 4.28. The molecule has 0 aromatic heterocycles. The SMILES string of the molecule is COC(=O)CCN1C(=O)/C(=C/c2c(F)cccc2Cl)SC1=S. The summed E-state index contributed by atoms with van der Waals surface area (Å²) in [6.45, 7) is 0.125. The molecule has 0 N–H and O–H groups in total. The number of halogens is 2. The van der Waals surface area contributed by atoms with Gasteiger partial charge in [-0.2, -0.15) is 0 Å². The lowest BCUT2D eigenvalue weighted by Gasteiger charge is -2.12. The summed E-state index contributed by atoms with van der Waals surface area (Å²) in [5.41, 5.74) is 0.137. The van der Waals surface area contributed by atoms with Crippen molar-refractivity contribution in [2.45, 2.75) is 6.42 Å². The highest BCUT2D eigenvalue weighted by molar-refractivity contribution is 8.26.